The average molecular weight is 221 g/mol. The van der Waals surface area contributed by atoms with Crippen molar-refractivity contribution in [3.05, 3.63) is 23.4 Å². The highest BCUT2D eigenvalue weighted by Crippen LogP contribution is 2.33. The Hall–Kier alpha value is -1.30. The fourth-order valence-corrected chi connectivity index (χ4v) is 1.14. The quantitative estimate of drug-likeness (QED) is 0.830. The highest BCUT2D eigenvalue weighted by Gasteiger charge is 2.39. The van der Waals surface area contributed by atoms with Crippen LogP contribution in [0.1, 0.15) is 17.2 Å². The van der Waals surface area contributed by atoms with Crippen molar-refractivity contribution in [2.24, 2.45) is 0 Å². The summed E-state index contributed by atoms with van der Waals surface area (Å²) < 4.78 is 41.2. The fourth-order valence-electron chi connectivity index (χ4n) is 1.14. The summed E-state index contributed by atoms with van der Waals surface area (Å²) in [5.74, 6) is 0.244. The van der Waals surface area contributed by atoms with Crippen LogP contribution in [0, 0.1) is 6.92 Å². The van der Waals surface area contributed by atoms with Crippen LogP contribution in [0.25, 0.3) is 0 Å². The summed E-state index contributed by atoms with van der Waals surface area (Å²) >= 11 is 0. The number of alkyl halides is 3. The molecule has 0 fully saturated rings. The number of halogens is 3. The van der Waals surface area contributed by atoms with E-state index in [0.717, 1.165) is 6.20 Å². The van der Waals surface area contributed by atoms with Gasteiger partial charge in [0.1, 0.15) is 0 Å². The molecule has 6 heteroatoms. The lowest BCUT2D eigenvalue weighted by atomic mass is 10.1. The number of methoxy groups -OCH3 is 1. The van der Waals surface area contributed by atoms with Crippen LogP contribution >= 0.6 is 0 Å². The molecule has 1 rings (SSSR count). The van der Waals surface area contributed by atoms with Crippen LogP contribution in [-0.2, 0) is 0 Å². The van der Waals surface area contributed by atoms with Gasteiger partial charge in [0.15, 0.2) is 6.10 Å². The largest absolute Gasteiger partial charge is 0.481 e. The molecular weight excluding hydrogens is 211 g/mol. The van der Waals surface area contributed by atoms with Crippen molar-refractivity contribution in [1.29, 1.82) is 0 Å². The van der Waals surface area contributed by atoms with Gasteiger partial charge in [-0.05, 0) is 13.0 Å². The Balaban J connectivity index is 3.02. The van der Waals surface area contributed by atoms with Gasteiger partial charge in [0, 0.05) is 17.3 Å². The predicted molar refractivity (Wildman–Crippen MR) is 46.5 cm³/mol. The summed E-state index contributed by atoms with van der Waals surface area (Å²) in [7, 11) is 1.37. The van der Waals surface area contributed by atoms with Gasteiger partial charge in [0.2, 0.25) is 5.88 Å². The van der Waals surface area contributed by atoms with E-state index in [1.54, 1.807) is 6.92 Å². The standard InChI is InChI=1S/C9H10F3NO2/c1-5-3-6(4-13-8(5)15-2)7(14)9(10,11)12/h3-4,7,14H,1-2H3. The minimum absolute atomic E-state index is 0.244. The van der Waals surface area contributed by atoms with Crippen molar-refractivity contribution >= 4 is 0 Å². The number of ether oxygens (including phenoxy) is 1. The van der Waals surface area contributed by atoms with Crippen LogP contribution in [-0.4, -0.2) is 23.4 Å². The van der Waals surface area contributed by atoms with Crippen molar-refractivity contribution in [3.63, 3.8) is 0 Å². The molecule has 0 radical (unpaired) electrons. The van der Waals surface area contributed by atoms with Gasteiger partial charge >= 0.3 is 6.18 Å². The molecule has 1 aromatic rings. The van der Waals surface area contributed by atoms with E-state index in [2.05, 4.69) is 4.98 Å². The number of rotatable bonds is 2. The number of aliphatic hydroxyl groups excluding tert-OH is 1. The lowest BCUT2D eigenvalue weighted by Crippen LogP contribution is -2.20. The maximum absolute atomic E-state index is 12.1. The molecule has 0 bridgehead atoms. The predicted octanol–water partition coefficient (Wildman–Crippen LogP) is 1.99. The van der Waals surface area contributed by atoms with Crippen LogP contribution in [0.3, 0.4) is 0 Å². The van der Waals surface area contributed by atoms with Crippen molar-refractivity contribution in [2.75, 3.05) is 7.11 Å². The SMILES string of the molecule is COc1ncc(C(O)C(F)(F)F)cc1C. The van der Waals surface area contributed by atoms with Gasteiger partial charge in [0.25, 0.3) is 0 Å². The smallest absolute Gasteiger partial charge is 0.418 e. The molecule has 15 heavy (non-hydrogen) atoms. The molecular formula is C9H10F3NO2. The first-order valence-corrected chi connectivity index (χ1v) is 4.11. The van der Waals surface area contributed by atoms with E-state index in [1.807, 2.05) is 0 Å². The van der Waals surface area contributed by atoms with E-state index in [-0.39, 0.29) is 11.4 Å². The Bertz CT molecular complexity index is 352. The van der Waals surface area contributed by atoms with E-state index < -0.39 is 12.3 Å². The van der Waals surface area contributed by atoms with Gasteiger partial charge < -0.3 is 9.84 Å². The molecule has 0 aliphatic rings. The molecule has 0 spiro atoms. The molecule has 0 aliphatic heterocycles. The minimum atomic E-state index is -4.68. The Morgan fingerprint density at radius 1 is 1.47 bits per heavy atom. The lowest BCUT2D eigenvalue weighted by Gasteiger charge is -2.15. The van der Waals surface area contributed by atoms with E-state index in [1.165, 1.54) is 13.2 Å². The van der Waals surface area contributed by atoms with Gasteiger partial charge in [-0.3, -0.25) is 0 Å². The summed E-state index contributed by atoms with van der Waals surface area (Å²) in [6, 6.07) is 1.20. The Morgan fingerprint density at radius 2 is 2.07 bits per heavy atom. The first-order valence-electron chi connectivity index (χ1n) is 4.11. The van der Waals surface area contributed by atoms with E-state index in [0.29, 0.717) is 5.56 Å². The maximum atomic E-state index is 12.1. The first kappa shape index (κ1) is 11.8. The van der Waals surface area contributed by atoms with Gasteiger partial charge in [-0.1, -0.05) is 0 Å². The normalized spacial score (nSPS) is 13.7. The molecule has 84 valence electrons. The fraction of sp³-hybridized carbons (Fsp3) is 0.444. The van der Waals surface area contributed by atoms with Gasteiger partial charge in [-0.2, -0.15) is 13.2 Å². The second-order valence-electron chi connectivity index (χ2n) is 3.04. The van der Waals surface area contributed by atoms with Gasteiger partial charge in [-0.15, -0.1) is 0 Å². The first-order chi connectivity index (χ1) is 6.86. The van der Waals surface area contributed by atoms with Crippen LogP contribution in [0.15, 0.2) is 12.3 Å². The molecule has 1 atom stereocenters. The Morgan fingerprint density at radius 3 is 2.47 bits per heavy atom. The van der Waals surface area contributed by atoms with Crippen LogP contribution < -0.4 is 4.74 Å². The Labute approximate surface area is 84.5 Å². The van der Waals surface area contributed by atoms with Crippen molar-refractivity contribution in [2.45, 2.75) is 19.2 Å². The summed E-state index contributed by atoms with van der Waals surface area (Å²) in [6.45, 7) is 1.55. The number of aryl methyl sites for hydroxylation is 1. The molecule has 0 aliphatic carbocycles. The summed E-state index contributed by atoms with van der Waals surface area (Å²) in [5.41, 5.74) is 0.152. The van der Waals surface area contributed by atoms with E-state index >= 15 is 0 Å². The van der Waals surface area contributed by atoms with Crippen LogP contribution in [0.4, 0.5) is 13.2 Å². The zero-order valence-corrected chi connectivity index (χ0v) is 8.17. The number of nitrogens with zero attached hydrogens (tertiary/aromatic N) is 1. The average Bonchev–Trinajstić information content (AvgIpc) is 2.15. The Kier molecular flexibility index (Phi) is 3.18. The molecule has 0 saturated carbocycles. The molecule has 0 aromatic carbocycles. The van der Waals surface area contributed by atoms with Crippen LogP contribution in [0.5, 0.6) is 5.88 Å². The third-order valence-corrected chi connectivity index (χ3v) is 1.87. The molecule has 0 amide bonds. The van der Waals surface area contributed by atoms with Gasteiger partial charge in [-0.25, -0.2) is 4.98 Å². The minimum Gasteiger partial charge on any atom is -0.481 e. The van der Waals surface area contributed by atoms with Crippen molar-refractivity contribution < 1.29 is 23.0 Å². The zero-order valence-electron chi connectivity index (χ0n) is 8.17. The lowest BCUT2D eigenvalue weighted by molar-refractivity contribution is -0.206. The topological polar surface area (TPSA) is 42.4 Å². The highest BCUT2D eigenvalue weighted by atomic mass is 19.4. The second kappa shape index (κ2) is 4.06. The zero-order chi connectivity index (χ0) is 11.6. The van der Waals surface area contributed by atoms with E-state index in [9.17, 15) is 13.2 Å². The van der Waals surface area contributed by atoms with Gasteiger partial charge in [0.05, 0.1) is 7.11 Å². The molecule has 1 aromatic heterocycles. The monoisotopic (exact) mass is 221 g/mol. The number of hydrogen-bond acceptors (Lipinski definition) is 3. The molecule has 1 heterocycles. The molecule has 1 N–H and O–H groups in total. The third kappa shape index (κ3) is 2.59. The number of aliphatic hydroxyl groups is 1. The molecule has 3 nitrogen and oxygen atoms in total. The van der Waals surface area contributed by atoms with Crippen molar-refractivity contribution in [1.82, 2.24) is 4.98 Å². The number of aromatic nitrogens is 1. The molecule has 0 saturated heterocycles. The summed E-state index contributed by atoms with van der Waals surface area (Å²) in [6.07, 6.45) is -6.23. The van der Waals surface area contributed by atoms with E-state index in [4.69, 9.17) is 9.84 Å². The number of hydrogen-bond donors (Lipinski definition) is 1. The van der Waals surface area contributed by atoms with Crippen molar-refractivity contribution in [3.8, 4) is 5.88 Å². The summed E-state index contributed by atoms with van der Waals surface area (Å²) in [5, 5.41) is 8.94. The second-order valence-corrected chi connectivity index (χ2v) is 3.04. The maximum Gasteiger partial charge on any atom is 0.418 e. The third-order valence-electron chi connectivity index (χ3n) is 1.87. The summed E-state index contributed by atoms with van der Waals surface area (Å²) in [4.78, 5) is 3.65. The molecule has 1 unspecified atom stereocenters. The van der Waals surface area contributed by atoms with Crippen LogP contribution in [0.2, 0.25) is 0 Å². The number of pyridine rings is 1. The highest BCUT2D eigenvalue weighted by molar-refractivity contribution is 5.30.